The van der Waals surface area contributed by atoms with Gasteiger partial charge in [0.1, 0.15) is 16.2 Å². The minimum atomic E-state index is -1.85. The lowest BCUT2D eigenvalue weighted by molar-refractivity contribution is 0.446. The summed E-state index contributed by atoms with van der Waals surface area (Å²) in [5, 5.41) is 5.53. The molecule has 3 nitrogen and oxygen atoms in total. The lowest BCUT2D eigenvalue weighted by Gasteiger charge is -2.09. The van der Waals surface area contributed by atoms with Gasteiger partial charge in [-0.15, -0.1) is 0 Å². The second-order valence-corrected chi connectivity index (χ2v) is 4.89. The lowest BCUT2D eigenvalue weighted by Crippen LogP contribution is -2.36. The summed E-state index contributed by atoms with van der Waals surface area (Å²) in [4.78, 5) is 0. The third-order valence-electron chi connectivity index (χ3n) is 1.23. The van der Waals surface area contributed by atoms with E-state index in [9.17, 15) is 0 Å². The van der Waals surface area contributed by atoms with E-state index in [1.165, 1.54) is 0 Å². The normalized spacial score (nSPS) is 12.8. The van der Waals surface area contributed by atoms with Crippen LogP contribution in [0.25, 0.3) is 0 Å². The molecule has 5 heteroatoms. The quantitative estimate of drug-likeness (QED) is 0.617. The van der Waals surface area contributed by atoms with Crippen molar-refractivity contribution in [1.82, 2.24) is 0 Å². The fourth-order valence-electron chi connectivity index (χ4n) is 0.681. The van der Waals surface area contributed by atoms with E-state index in [-0.39, 0.29) is 0 Å². The Bertz CT molecular complexity index is 207. The van der Waals surface area contributed by atoms with Crippen LogP contribution in [0.15, 0.2) is 30.3 Å². The molecule has 0 radical (unpaired) electrons. The highest BCUT2D eigenvalue weighted by Gasteiger charge is 2.03. The summed E-state index contributed by atoms with van der Waals surface area (Å²) < 4.78 is 10.3. The highest BCUT2D eigenvalue weighted by molar-refractivity contribution is 6.46. The minimum Gasteiger partial charge on any atom is -0.512 e. The molecule has 0 amide bonds. The van der Waals surface area contributed by atoms with E-state index >= 15 is 0 Å². The Hall–Kier alpha value is -0.626. The number of nitrogens with two attached hydrogens (primary N) is 1. The van der Waals surface area contributed by atoms with E-state index in [4.69, 9.17) is 13.9 Å². The van der Waals surface area contributed by atoms with Crippen LogP contribution in [0.1, 0.15) is 0 Å². The number of para-hydroxylation sites is 1. The highest BCUT2D eigenvalue weighted by Crippen LogP contribution is 2.07. The number of hydrogen-bond acceptors (Lipinski definition) is 3. The second-order valence-electron chi connectivity index (χ2n) is 2.03. The van der Waals surface area contributed by atoms with Gasteiger partial charge in [0.15, 0.2) is 0 Å². The Morgan fingerprint density at radius 3 is 2.45 bits per heavy atom. The third kappa shape index (κ3) is 2.85. The zero-order valence-corrected chi connectivity index (χ0v) is 9.51. The Balaban J connectivity index is 2.51. The molecule has 1 unspecified atom stereocenters. The molecule has 0 aliphatic carbocycles. The fraction of sp³-hybridized carbons (Fsp3) is 0. The van der Waals surface area contributed by atoms with Crippen molar-refractivity contribution in [3.8, 4) is 5.75 Å². The molecule has 1 aromatic rings. The fourth-order valence-corrected chi connectivity index (χ4v) is 1.49. The SMILES string of the molecule is N[SiH](O[SiH3])Oc1ccccc1. The molecule has 1 rings (SSSR count). The smallest absolute Gasteiger partial charge is 0.457 e. The van der Waals surface area contributed by atoms with Crippen molar-refractivity contribution >= 4 is 19.9 Å². The average molecular weight is 185 g/mol. The molecule has 1 aromatic carbocycles. The summed E-state index contributed by atoms with van der Waals surface area (Å²) in [5.41, 5.74) is 0. The van der Waals surface area contributed by atoms with Gasteiger partial charge in [-0.05, 0) is 12.1 Å². The predicted molar refractivity (Wildman–Crippen MR) is 49.4 cm³/mol. The van der Waals surface area contributed by atoms with Crippen LogP contribution in [-0.2, 0) is 4.12 Å². The maximum Gasteiger partial charge on any atom is 0.457 e. The summed E-state index contributed by atoms with van der Waals surface area (Å²) in [6, 6.07) is 9.48. The first-order valence-electron chi connectivity index (χ1n) is 3.33. The van der Waals surface area contributed by atoms with Gasteiger partial charge in [-0.3, -0.25) is 5.40 Å². The van der Waals surface area contributed by atoms with Gasteiger partial charge in [-0.1, -0.05) is 18.2 Å². The highest BCUT2D eigenvalue weighted by atomic mass is 28.4. The van der Waals surface area contributed by atoms with Gasteiger partial charge in [-0.2, -0.15) is 0 Å². The molecule has 0 spiro atoms. The summed E-state index contributed by atoms with van der Waals surface area (Å²) >= 11 is 0. The van der Waals surface area contributed by atoms with E-state index in [1.54, 1.807) is 0 Å². The molecule has 2 N–H and O–H groups in total. The molecule has 0 bridgehead atoms. The molecule has 0 aliphatic heterocycles. The van der Waals surface area contributed by atoms with Crippen molar-refractivity contribution in [1.29, 1.82) is 0 Å². The van der Waals surface area contributed by atoms with Gasteiger partial charge >= 0.3 is 9.45 Å². The first kappa shape index (κ1) is 8.47. The second kappa shape index (κ2) is 4.29. The molecule has 0 fully saturated rings. The molecule has 1 atom stereocenters. The Kier molecular flexibility index (Phi) is 3.31. The predicted octanol–water partition coefficient (Wildman–Crippen LogP) is -0.962. The first-order chi connectivity index (χ1) is 5.33. The standard InChI is InChI=1S/C6H11NO2Si2/c7-11(9-10)8-6-4-2-1-3-5-6/h1-5,11H,7H2,10H3. The molecule has 11 heavy (non-hydrogen) atoms. The number of hydrogen-bond donors (Lipinski definition) is 1. The topological polar surface area (TPSA) is 44.5 Å². The van der Waals surface area contributed by atoms with E-state index in [0.717, 1.165) is 5.75 Å². The molecule has 0 saturated carbocycles. The number of benzene rings is 1. The zero-order chi connectivity index (χ0) is 8.10. The van der Waals surface area contributed by atoms with E-state index in [1.807, 2.05) is 30.3 Å². The minimum absolute atomic E-state index is 0.645. The summed E-state index contributed by atoms with van der Waals surface area (Å²) in [5.74, 6) is 0.794. The van der Waals surface area contributed by atoms with Gasteiger partial charge < -0.3 is 8.54 Å². The third-order valence-corrected chi connectivity index (χ3v) is 3.59. The molecule has 0 saturated heterocycles. The van der Waals surface area contributed by atoms with Crippen LogP contribution in [0.4, 0.5) is 0 Å². The van der Waals surface area contributed by atoms with Crippen LogP contribution in [-0.4, -0.2) is 19.9 Å². The van der Waals surface area contributed by atoms with Crippen LogP contribution in [0.2, 0.25) is 0 Å². The average Bonchev–Trinajstić information content (AvgIpc) is 2.06. The lowest BCUT2D eigenvalue weighted by atomic mass is 10.3. The Morgan fingerprint density at radius 2 is 1.91 bits per heavy atom. The first-order valence-corrected chi connectivity index (χ1v) is 5.75. The molecule has 0 aliphatic rings. The molecule has 0 heterocycles. The van der Waals surface area contributed by atoms with Crippen molar-refractivity contribution < 1.29 is 8.54 Å². The number of rotatable bonds is 3. The van der Waals surface area contributed by atoms with Gasteiger partial charge in [-0.25, -0.2) is 0 Å². The largest absolute Gasteiger partial charge is 0.512 e. The van der Waals surface area contributed by atoms with Gasteiger partial charge in [0.05, 0.1) is 0 Å². The van der Waals surface area contributed by atoms with Crippen molar-refractivity contribution in [2.45, 2.75) is 0 Å². The van der Waals surface area contributed by atoms with E-state index in [2.05, 4.69) is 0 Å². The van der Waals surface area contributed by atoms with E-state index in [0.29, 0.717) is 10.5 Å². The van der Waals surface area contributed by atoms with Crippen molar-refractivity contribution in [3.05, 3.63) is 30.3 Å². The van der Waals surface area contributed by atoms with Crippen LogP contribution in [0.5, 0.6) is 5.75 Å². The van der Waals surface area contributed by atoms with Crippen LogP contribution >= 0.6 is 0 Å². The summed E-state index contributed by atoms with van der Waals surface area (Å²) in [7, 11) is -1.20. The van der Waals surface area contributed by atoms with E-state index < -0.39 is 9.45 Å². The van der Waals surface area contributed by atoms with Crippen molar-refractivity contribution in [2.75, 3.05) is 0 Å². The monoisotopic (exact) mass is 185 g/mol. The maximum absolute atomic E-state index is 5.53. The van der Waals surface area contributed by atoms with Crippen molar-refractivity contribution in [2.24, 2.45) is 5.40 Å². The van der Waals surface area contributed by atoms with Crippen LogP contribution in [0, 0.1) is 0 Å². The molecule has 60 valence electrons. The summed E-state index contributed by atoms with van der Waals surface area (Å²) in [6.45, 7) is 0. The van der Waals surface area contributed by atoms with Gasteiger partial charge in [0, 0.05) is 0 Å². The Morgan fingerprint density at radius 1 is 1.27 bits per heavy atom. The van der Waals surface area contributed by atoms with Crippen LogP contribution in [0.3, 0.4) is 0 Å². The molecular formula is C6H11NO2Si2. The summed E-state index contributed by atoms with van der Waals surface area (Å²) in [6.07, 6.45) is 0. The molecule has 0 aromatic heterocycles. The van der Waals surface area contributed by atoms with Crippen molar-refractivity contribution in [3.63, 3.8) is 0 Å². The van der Waals surface area contributed by atoms with Crippen LogP contribution < -0.4 is 9.83 Å². The maximum atomic E-state index is 5.53. The van der Waals surface area contributed by atoms with Gasteiger partial charge in [0.25, 0.3) is 0 Å². The zero-order valence-electron chi connectivity index (χ0n) is 6.36. The molecular weight excluding hydrogens is 174 g/mol. The van der Waals surface area contributed by atoms with Gasteiger partial charge in [0.2, 0.25) is 0 Å². The Labute approximate surface area is 70.6 Å².